The molecule has 0 atom stereocenters. The van der Waals surface area contributed by atoms with Crippen molar-refractivity contribution in [3.05, 3.63) is 99.5 Å². The number of anilines is 1. The summed E-state index contributed by atoms with van der Waals surface area (Å²) in [5.74, 6) is -0.539. The monoisotopic (exact) mass is 435 g/mol. The van der Waals surface area contributed by atoms with E-state index in [0.717, 1.165) is 15.6 Å². The molecule has 5 nitrogen and oxygen atoms in total. The van der Waals surface area contributed by atoms with E-state index in [2.05, 4.69) is 31.8 Å². The van der Waals surface area contributed by atoms with Crippen molar-refractivity contribution >= 4 is 39.6 Å². The van der Waals surface area contributed by atoms with Gasteiger partial charge in [0.05, 0.1) is 6.21 Å². The van der Waals surface area contributed by atoms with Crippen LogP contribution in [-0.2, 0) is 0 Å². The summed E-state index contributed by atoms with van der Waals surface area (Å²) in [5.41, 5.74) is 6.12. The number of carbonyl (C=O) groups excluding carboxylic acids is 2. The molecule has 0 radical (unpaired) electrons. The smallest absolute Gasteiger partial charge is 0.271 e. The highest BCUT2D eigenvalue weighted by Gasteiger charge is 2.08. The second-order valence-corrected chi connectivity index (χ2v) is 7.01. The Morgan fingerprint density at radius 3 is 2.14 bits per heavy atom. The van der Waals surface area contributed by atoms with E-state index in [-0.39, 0.29) is 11.8 Å². The van der Waals surface area contributed by atoms with E-state index in [9.17, 15) is 9.59 Å². The first-order valence-electron chi connectivity index (χ1n) is 8.59. The SMILES string of the molecule is Cc1ccccc1/C=N/NC(=O)c1ccc(NC(=O)c2ccc(Br)cc2)cc1. The maximum Gasteiger partial charge on any atom is 0.271 e. The lowest BCUT2D eigenvalue weighted by molar-refractivity contribution is 0.0954. The highest BCUT2D eigenvalue weighted by Crippen LogP contribution is 2.14. The number of rotatable bonds is 5. The van der Waals surface area contributed by atoms with Crippen LogP contribution in [0.15, 0.2) is 82.4 Å². The molecule has 0 heterocycles. The van der Waals surface area contributed by atoms with Gasteiger partial charge in [0.15, 0.2) is 0 Å². The maximum atomic E-state index is 12.2. The fourth-order valence-corrected chi connectivity index (χ4v) is 2.73. The standard InChI is InChI=1S/C22H18BrN3O2/c1-15-4-2-3-5-18(15)14-24-26-22(28)17-8-12-20(13-9-17)25-21(27)16-6-10-19(23)11-7-16/h2-14H,1H3,(H,25,27)(H,26,28)/b24-14+. The molecule has 0 aromatic heterocycles. The summed E-state index contributed by atoms with van der Waals surface area (Å²) in [6.45, 7) is 1.98. The molecule has 3 aromatic carbocycles. The molecule has 0 bridgehead atoms. The van der Waals surface area contributed by atoms with Crippen molar-refractivity contribution in [3.63, 3.8) is 0 Å². The van der Waals surface area contributed by atoms with E-state index < -0.39 is 0 Å². The second-order valence-electron chi connectivity index (χ2n) is 6.09. The van der Waals surface area contributed by atoms with Gasteiger partial charge in [0.25, 0.3) is 11.8 Å². The Morgan fingerprint density at radius 1 is 0.857 bits per heavy atom. The Morgan fingerprint density at radius 2 is 1.46 bits per heavy atom. The van der Waals surface area contributed by atoms with Gasteiger partial charge in [-0.05, 0) is 66.6 Å². The minimum atomic E-state index is -0.323. The van der Waals surface area contributed by atoms with Crippen molar-refractivity contribution in [2.75, 3.05) is 5.32 Å². The molecule has 0 saturated heterocycles. The highest BCUT2D eigenvalue weighted by molar-refractivity contribution is 9.10. The quantitative estimate of drug-likeness (QED) is 0.447. The molecule has 3 rings (SSSR count). The van der Waals surface area contributed by atoms with Crippen molar-refractivity contribution < 1.29 is 9.59 Å². The lowest BCUT2D eigenvalue weighted by Gasteiger charge is -2.06. The predicted molar refractivity (Wildman–Crippen MR) is 115 cm³/mol. The summed E-state index contributed by atoms with van der Waals surface area (Å²) < 4.78 is 0.907. The fraction of sp³-hybridized carbons (Fsp3) is 0.0455. The van der Waals surface area contributed by atoms with E-state index in [1.165, 1.54) is 0 Å². The second kappa shape index (κ2) is 9.10. The van der Waals surface area contributed by atoms with Gasteiger partial charge in [-0.2, -0.15) is 5.10 Å². The van der Waals surface area contributed by atoms with E-state index in [1.807, 2.05) is 31.2 Å². The molecule has 6 heteroatoms. The molecule has 0 fully saturated rings. The number of carbonyl (C=O) groups is 2. The van der Waals surface area contributed by atoms with Gasteiger partial charge >= 0.3 is 0 Å². The molecule has 3 aromatic rings. The van der Waals surface area contributed by atoms with E-state index in [4.69, 9.17) is 0 Å². The molecule has 0 saturated carbocycles. The summed E-state index contributed by atoms with van der Waals surface area (Å²) in [4.78, 5) is 24.4. The molecular formula is C22H18BrN3O2. The van der Waals surface area contributed by atoms with Gasteiger partial charge in [-0.15, -0.1) is 0 Å². The first kappa shape index (κ1) is 19.5. The summed E-state index contributed by atoms with van der Waals surface area (Å²) in [5, 5.41) is 6.80. The van der Waals surface area contributed by atoms with Gasteiger partial charge in [0.1, 0.15) is 0 Å². The van der Waals surface area contributed by atoms with Crippen LogP contribution in [0, 0.1) is 6.92 Å². The number of nitrogens with one attached hydrogen (secondary N) is 2. The predicted octanol–water partition coefficient (Wildman–Crippen LogP) is 4.77. The molecule has 2 amide bonds. The molecule has 0 spiro atoms. The van der Waals surface area contributed by atoms with Crippen molar-refractivity contribution in [1.82, 2.24) is 5.43 Å². The zero-order chi connectivity index (χ0) is 19.9. The fourth-order valence-electron chi connectivity index (χ4n) is 2.47. The zero-order valence-corrected chi connectivity index (χ0v) is 16.7. The van der Waals surface area contributed by atoms with Crippen molar-refractivity contribution in [1.29, 1.82) is 0 Å². The minimum Gasteiger partial charge on any atom is -0.322 e. The van der Waals surface area contributed by atoms with Gasteiger partial charge in [-0.1, -0.05) is 40.2 Å². The third-order valence-corrected chi connectivity index (χ3v) is 4.60. The first-order valence-corrected chi connectivity index (χ1v) is 9.38. The summed E-state index contributed by atoms with van der Waals surface area (Å²) in [7, 11) is 0. The van der Waals surface area contributed by atoms with E-state index >= 15 is 0 Å². The number of hydrogen-bond acceptors (Lipinski definition) is 3. The molecular weight excluding hydrogens is 418 g/mol. The molecule has 0 aliphatic carbocycles. The van der Waals surface area contributed by atoms with Crippen LogP contribution in [0.2, 0.25) is 0 Å². The Balaban J connectivity index is 1.59. The Labute approximate surface area is 171 Å². The zero-order valence-electron chi connectivity index (χ0n) is 15.1. The molecule has 0 aliphatic rings. The molecule has 0 aliphatic heterocycles. The largest absolute Gasteiger partial charge is 0.322 e. The van der Waals surface area contributed by atoms with Crippen LogP contribution in [0.3, 0.4) is 0 Å². The van der Waals surface area contributed by atoms with Crippen LogP contribution in [-0.4, -0.2) is 18.0 Å². The average molecular weight is 436 g/mol. The Bertz CT molecular complexity index is 1010. The topological polar surface area (TPSA) is 70.6 Å². The number of halogens is 1. The number of hydrazone groups is 1. The van der Waals surface area contributed by atoms with Crippen molar-refractivity contribution in [2.24, 2.45) is 5.10 Å². The van der Waals surface area contributed by atoms with Crippen LogP contribution in [0.1, 0.15) is 31.8 Å². The number of hydrogen-bond donors (Lipinski definition) is 2. The summed E-state index contributed by atoms with van der Waals surface area (Å²) in [6.07, 6.45) is 1.61. The third kappa shape index (κ3) is 5.14. The Kier molecular flexibility index (Phi) is 6.34. The van der Waals surface area contributed by atoms with Gasteiger partial charge in [-0.25, -0.2) is 5.43 Å². The van der Waals surface area contributed by atoms with Gasteiger partial charge in [0.2, 0.25) is 0 Å². The summed E-state index contributed by atoms with van der Waals surface area (Å²) in [6, 6.07) is 21.5. The van der Waals surface area contributed by atoms with Crippen LogP contribution in [0.4, 0.5) is 5.69 Å². The van der Waals surface area contributed by atoms with Crippen molar-refractivity contribution in [3.8, 4) is 0 Å². The Hall–Kier alpha value is -3.25. The molecule has 2 N–H and O–H groups in total. The number of amides is 2. The van der Waals surface area contributed by atoms with E-state index in [0.29, 0.717) is 16.8 Å². The van der Waals surface area contributed by atoms with Gasteiger partial charge < -0.3 is 5.32 Å². The van der Waals surface area contributed by atoms with Crippen LogP contribution in [0.5, 0.6) is 0 Å². The third-order valence-electron chi connectivity index (χ3n) is 4.07. The lowest BCUT2D eigenvalue weighted by Crippen LogP contribution is -2.18. The number of nitrogens with zero attached hydrogens (tertiary/aromatic N) is 1. The molecule has 0 unspecified atom stereocenters. The normalized spacial score (nSPS) is 10.6. The molecule has 28 heavy (non-hydrogen) atoms. The van der Waals surface area contributed by atoms with Crippen LogP contribution in [0.25, 0.3) is 0 Å². The highest BCUT2D eigenvalue weighted by atomic mass is 79.9. The summed E-state index contributed by atoms with van der Waals surface area (Å²) >= 11 is 3.34. The minimum absolute atomic E-state index is 0.215. The number of benzene rings is 3. The number of aryl methyl sites for hydroxylation is 1. The van der Waals surface area contributed by atoms with Crippen molar-refractivity contribution in [2.45, 2.75) is 6.92 Å². The molecule has 140 valence electrons. The maximum absolute atomic E-state index is 12.2. The average Bonchev–Trinajstić information content (AvgIpc) is 2.70. The first-order chi connectivity index (χ1) is 13.5. The van der Waals surface area contributed by atoms with Crippen LogP contribution < -0.4 is 10.7 Å². The van der Waals surface area contributed by atoms with Crippen LogP contribution >= 0.6 is 15.9 Å². The van der Waals surface area contributed by atoms with Gasteiger partial charge in [0, 0.05) is 21.3 Å². The van der Waals surface area contributed by atoms with Gasteiger partial charge in [-0.3, -0.25) is 9.59 Å². The van der Waals surface area contributed by atoms with E-state index in [1.54, 1.807) is 54.7 Å². The lowest BCUT2D eigenvalue weighted by atomic mass is 10.1.